The summed E-state index contributed by atoms with van der Waals surface area (Å²) in [7, 11) is 1.87. The molecule has 4 rings (SSSR count). The van der Waals surface area contributed by atoms with Crippen LogP contribution in [0, 0.1) is 0 Å². The zero-order valence-electron chi connectivity index (χ0n) is 11.9. The summed E-state index contributed by atoms with van der Waals surface area (Å²) >= 11 is 0. The monoisotopic (exact) mass is 311 g/mol. The molecule has 22 heavy (non-hydrogen) atoms. The number of hydrogen-bond donors (Lipinski definition) is 1. The molecule has 0 amide bonds. The van der Waals surface area contributed by atoms with Crippen LogP contribution in [0.3, 0.4) is 0 Å². The molecule has 0 unspecified atom stereocenters. The first-order valence-corrected chi connectivity index (χ1v) is 6.78. The van der Waals surface area contributed by atoms with Crippen LogP contribution in [0.5, 0.6) is 0 Å². The van der Waals surface area contributed by atoms with E-state index in [2.05, 4.69) is 9.97 Å². The van der Waals surface area contributed by atoms with E-state index in [1.54, 1.807) is 0 Å². The van der Waals surface area contributed by atoms with Crippen LogP contribution in [0.15, 0.2) is 54.6 Å². The van der Waals surface area contributed by atoms with Gasteiger partial charge in [-0.1, -0.05) is 30.3 Å². The zero-order chi connectivity index (χ0) is 14.4. The number of halogens is 1. The molecule has 5 heteroatoms. The van der Waals surface area contributed by atoms with Crippen LogP contribution >= 0.6 is 12.4 Å². The minimum absolute atomic E-state index is 0. The van der Waals surface area contributed by atoms with Crippen molar-refractivity contribution < 1.29 is 4.79 Å². The number of aryl methyl sites for hydroxylation is 1. The Labute approximate surface area is 133 Å². The molecular formula is C17H14ClN3O. The lowest BCUT2D eigenvalue weighted by molar-refractivity contribution is 0.102. The molecule has 0 aliphatic carbocycles. The van der Waals surface area contributed by atoms with Crippen molar-refractivity contribution in [2.45, 2.75) is 0 Å². The van der Waals surface area contributed by atoms with Gasteiger partial charge < -0.3 is 9.55 Å². The third-order valence-corrected chi connectivity index (χ3v) is 3.76. The zero-order valence-corrected chi connectivity index (χ0v) is 12.7. The molecule has 0 bridgehead atoms. The highest BCUT2D eigenvalue weighted by Gasteiger charge is 2.18. The number of carbonyl (C=O) groups excluding carboxylic acids is 1. The fourth-order valence-corrected chi connectivity index (χ4v) is 2.66. The van der Waals surface area contributed by atoms with Crippen molar-refractivity contribution in [2.75, 3.05) is 0 Å². The highest BCUT2D eigenvalue weighted by atomic mass is 35.5. The largest absolute Gasteiger partial charge is 0.352 e. The van der Waals surface area contributed by atoms with Gasteiger partial charge in [0.2, 0.25) is 5.78 Å². The highest BCUT2D eigenvalue weighted by molar-refractivity contribution is 6.09. The van der Waals surface area contributed by atoms with Crippen LogP contribution in [0.1, 0.15) is 16.3 Å². The van der Waals surface area contributed by atoms with E-state index in [9.17, 15) is 4.79 Å². The summed E-state index contributed by atoms with van der Waals surface area (Å²) in [5, 5.41) is 1.03. The van der Waals surface area contributed by atoms with Crippen molar-refractivity contribution in [3.05, 3.63) is 66.1 Å². The number of rotatable bonds is 2. The highest BCUT2D eigenvalue weighted by Crippen LogP contribution is 2.20. The lowest BCUT2D eigenvalue weighted by Crippen LogP contribution is -2.09. The van der Waals surface area contributed by atoms with Crippen LogP contribution in [-0.2, 0) is 7.05 Å². The molecule has 0 saturated carbocycles. The molecule has 0 atom stereocenters. The number of H-pyrrole nitrogens is 1. The van der Waals surface area contributed by atoms with E-state index in [-0.39, 0.29) is 18.2 Å². The van der Waals surface area contributed by atoms with Crippen LogP contribution < -0.4 is 0 Å². The molecule has 0 saturated heterocycles. The van der Waals surface area contributed by atoms with Crippen LogP contribution in [0.2, 0.25) is 0 Å². The maximum absolute atomic E-state index is 12.7. The molecule has 4 aromatic rings. The Kier molecular flexibility index (Phi) is 3.47. The third-order valence-electron chi connectivity index (χ3n) is 3.76. The lowest BCUT2D eigenvalue weighted by atomic mass is 10.2. The molecule has 0 aliphatic rings. The SMILES string of the molecule is Cl.Cn1c(C(=O)c2cc3ccccc3[nH]2)nc2ccccc21. The average Bonchev–Trinajstić information content (AvgIpc) is 3.08. The van der Waals surface area contributed by atoms with Gasteiger partial charge >= 0.3 is 0 Å². The molecule has 0 fully saturated rings. The number of hydrogen-bond acceptors (Lipinski definition) is 2. The molecule has 4 nitrogen and oxygen atoms in total. The fourth-order valence-electron chi connectivity index (χ4n) is 2.66. The second-order valence-electron chi connectivity index (χ2n) is 5.08. The summed E-state index contributed by atoms with van der Waals surface area (Å²) in [6.45, 7) is 0. The summed E-state index contributed by atoms with van der Waals surface area (Å²) < 4.78 is 1.84. The lowest BCUT2D eigenvalue weighted by Gasteiger charge is -1.99. The number of benzene rings is 2. The number of para-hydroxylation sites is 3. The van der Waals surface area contributed by atoms with Gasteiger partial charge in [-0.15, -0.1) is 12.4 Å². The summed E-state index contributed by atoms with van der Waals surface area (Å²) in [6, 6.07) is 17.5. The Hall–Kier alpha value is -2.59. The van der Waals surface area contributed by atoms with Gasteiger partial charge in [0.1, 0.15) is 0 Å². The Balaban J connectivity index is 0.00000144. The van der Waals surface area contributed by atoms with Crippen molar-refractivity contribution in [3.8, 4) is 0 Å². The standard InChI is InChI=1S/C17H13N3O.ClH/c1-20-15-9-5-4-8-13(15)19-17(20)16(21)14-10-11-6-2-3-7-12(11)18-14;/h2-10,18H,1H3;1H. The first-order valence-electron chi connectivity index (χ1n) is 6.78. The van der Waals surface area contributed by atoms with Crippen LogP contribution in [-0.4, -0.2) is 20.3 Å². The Morgan fingerprint density at radius 3 is 2.59 bits per heavy atom. The second kappa shape index (κ2) is 5.31. The molecule has 2 heterocycles. The fraction of sp³-hybridized carbons (Fsp3) is 0.0588. The number of nitrogens with one attached hydrogen (secondary N) is 1. The van der Waals surface area contributed by atoms with E-state index in [4.69, 9.17) is 0 Å². The van der Waals surface area contributed by atoms with Crippen LogP contribution in [0.4, 0.5) is 0 Å². The summed E-state index contributed by atoms with van der Waals surface area (Å²) in [5.41, 5.74) is 3.31. The van der Waals surface area contributed by atoms with Crippen molar-refractivity contribution in [2.24, 2.45) is 7.05 Å². The molecule has 2 aromatic carbocycles. The molecule has 1 N–H and O–H groups in total. The Morgan fingerprint density at radius 2 is 1.82 bits per heavy atom. The summed E-state index contributed by atoms with van der Waals surface area (Å²) in [6.07, 6.45) is 0. The van der Waals surface area contributed by atoms with Gasteiger partial charge in [0.15, 0.2) is 5.82 Å². The first kappa shape index (κ1) is 14.4. The predicted octanol–water partition coefficient (Wildman–Crippen LogP) is 3.71. The minimum atomic E-state index is -0.0927. The number of nitrogens with zero attached hydrogens (tertiary/aromatic N) is 2. The van der Waals surface area contributed by atoms with Crippen LogP contribution in [0.25, 0.3) is 21.9 Å². The molecular weight excluding hydrogens is 298 g/mol. The van der Waals surface area contributed by atoms with Crippen molar-refractivity contribution in [3.63, 3.8) is 0 Å². The number of aromatic nitrogens is 3. The normalized spacial score (nSPS) is 10.8. The van der Waals surface area contributed by atoms with E-state index in [0.29, 0.717) is 11.5 Å². The molecule has 110 valence electrons. The maximum Gasteiger partial charge on any atom is 0.244 e. The minimum Gasteiger partial charge on any atom is -0.352 e. The maximum atomic E-state index is 12.7. The average molecular weight is 312 g/mol. The first-order chi connectivity index (χ1) is 10.2. The molecule has 2 aromatic heterocycles. The van der Waals surface area contributed by atoms with Gasteiger partial charge in [-0.25, -0.2) is 4.98 Å². The number of carbonyl (C=O) groups is 1. The Bertz CT molecular complexity index is 951. The van der Waals surface area contributed by atoms with E-state index in [0.717, 1.165) is 21.9 Å². The smallest absolute Gasteiger partial charge is 0.244 e. The van der Waals surface area contributed by atoms with Gasteiger partial charge in [0.05, 0.1) is 16.7 Å². The van der Waals surface area contributed by atoms with Gasteiger partial charge in [0, 0.05) is 18.0 Å². The molecule has 0 aliphatic heterocycles. The number of fused-ring (bicyclic) bond motifs is 2. The van der Waals surface area contributed by atoms with E-state index in [1.165, 1.54) is 0 Å². The number of ketones is 1. The van der Waals surface area contributed by atoms with Crippen molar-refractivity contribution >= 4 is 40.1 Å². The van der Waals surface area contributed by atoms with Gasteiger partial charge in [0.25, 0.3) is 0 Å². The number of imidazole rings is 1. The summed E-state index contributed by atoms with van der Waals surface area (Å²) in [5.74, 6) is 0.354. The molecule has 0 spiro atoms. The van der Waals surface area contributed by atoms with E-state index in [1.807, 2.05) is 66.2 Å². The van der Waals surface area contributed by atoms with Gasteiger partial charge in [-0.05, 0) is 24.3 Å². The predicted molar refractivity (Wildman–Crippen MR) is 89.7 cm³/mol. The second-order valence-corrected chi connectivity index (χ2v) is 5.08. The number of aromatic amines is 1. The van der Waals surface area contributed by atoms with Gasteiger partial charge in [-0.2, -0.15) is 0 Å². The van der Waals surface area contributed by atoms with E-state index < -0.39 is 0 Å². The summed E-state index contributed by atoms with van der Waals surface area (Å²) in [4.78, 5) is 20.3. The van der Waals surface area contributed by atoms with Crippen molar-refractivity contribution in [1.82, 2.24) is 14.5 Å². The van der Waals surface area contributed by atoms with E-state index >= 15 is 0 Å². The van der Waals surface area contributed by atoms with Crippen molar-refractivity contribution in [1.29, 1.82) is 0 Å². The third kappa shape index (κ3) is 2.09. The topological polar surface area (TPSA) is 50.7 Å². The molecule has 0 radical (unpaired) electrons. The Morgan fingerprint density at radius 1 is 1.09 bits per heavy atom. The quantitative estimate of drug-likeness (QED) is 0.574. The van der Waals surface area contributed by atoms with Gasteiger partial charge in [-0.3, -0.25) is 4.79 Å².